The van der Waals surface area contributed by atoms with E-state index in [9.17, 15) is 0 Å². The third-order valence-corrected chi connectivity index (χ3v) is 7.11. The van der Waals surface area contributed by atoms with E-state index in [-0.39, 0.29) is 12.2 Å². The van der Waals surface area contributed by atoms with Crippen LogP contribution in [0.2, 0.25) is 0 Å². The molecular formula is C31H59NO2. The van der Waals surface area contributed by atoms with E-state index in [4.69, 9.17) is 9.47 Å². The predicted octanol–water partition coefficient (Wildman–Crippen LogP) is 9.21. The summed E-state index contributed by atoms with van der Waals surface area (Å²) in [5.74, 6) is 0. The highest BCUT2D eigenvalue weighted by atomic mass is 16.5. The van der Waals surface area contributed by atoms with Crippen LogP contribution in [-0.4, -0.2) is 43.9 Å². The molecule has 1 fully saturated rings. The third kappa shape index (κ3) is 18.6. The zero-order chi connectivity index (χ0) is 24.5. The highest BCUT2D eigenvalue weighted by Gasteiger charge is 2.32. The topological polar surface area (TPSA) is 21.7 Å². The van der Waals surface area contributed by atoms with E-state index in [1.165, 1.54) is 122 Å². The molecule has 1 aliphatic rings. The lowest BCUT2D eigenvalue weighted by Crippen LogP contribution is -2.29. The molecule has 3 nitrogen and oxygen atoms in total. The van der Waals surface area contributed by atoms with E-state index in [1.54, 1.807) is 6.26 Å². The Hall–Kier alpha value is -0.760. The second-order valence-electron chi connectivity index (χ2n) is 10.6. The summed E-state index contributed by atoms with van der Waals surface area (Å²) in [6.07, 6.45) is 31.5. The lowest BCUT2D eigenvalue weighted by Gasteiger charge is -2.18. The first-order valence-corrected chi connectivity index (χ1v) is 15.1. The van der Waals surface area contributed by atoms with Gasteiger partial charge in [0.2, 0.25) is 0 Å². The summed E-state index contributed by atoms with van der Waals surface area (Å²) in [4.78, 5) is 2.31. The van der Waals surface area contributed by atoms with Gasteiger partial charge in [0.1, 0.15) is 18.5 Å². The maximum absolute atomic E-state index is 6.15. The number of hydrogen-bond acceptors (Lipinski definition) is 3. The molecule has 2 atom stereocenters. The van der Waals surface area contributed by atoms with Crippen molar-refractivity contribution in [1.29, 1.82) is 0 Å². The maximum atomic E-state index is 6.15. The van der Waals surface area contributed by atoms with E-state index < -0.39 is 0 Å². The molecule has 2 unspecified atom stereocenters. The Bertz CT molecular complexity index is 486. The molecule has 0 N–H and O–H groups in total. The van der Waals surface area contributed by atoms with Crippen LogP contribution in [-0.2, 0) is 9.47 Å². The smallest absolute Gasteiger partial charge is 0.139 e. The molecule has 1 rings (SSSR count). The second kappa shape index (κ2) is 24.0. The van der Waals surface area contributed by atoms with Crippen LogP contribution in [0.15, 0.2) is 18.1 Å². The molecule has 0 aromatic carbocycles. The monoisotopic (exact) mass is 477 g/mol. The Morgan fingerprint density at radius 2 is 1.12 bits per heavy atom. The molecule has 1 aliphatic heterocycles. The fourth-order valence-corrected chi connectivity index (χ4v) is 4.85. The van der Waals surface area contributed by atoms with Crippen LogP contribution < -0.4 is 0 Å². The molecule has 200 valence electrons. The van der Waals surface area contributed by atoms with E-state index in [1.807, 2.05) is 0 Å². The molecule has 0 aliphatic carbocycles. The van der Waals surface area contributed by atoms with Crippen LogP contribution in [0.4, 0.5) is 0 Å². The number of likely N-dealkylation sites (N-methyl/N-ethyl adjacent to an activating group) is 1. The zero-order valence-electron chi connectivity index (χ0n) is 23.3. The molecule has 3 heteroatoms. The van der Waals surface area contributed by atoms with Gasteiger partial charge >= 0.3 is 0 Å². The maximum Gasteiger partial charge on any atom is 0.139 e. The normalized spacial score (nSPS) is 18.2. The Labute approximate surface area is 213 Å². The fourth-order valence-electron chi connectivity index (χ4n) is 4.85. The predicted molar refractivity (Wildman–Crippen MR) is 148 cm³/mol. The Kier molecular flexibility index (Phi) is 22.0. The van der Waals surface area contributed by atoms with Gasteiger partial charge in [0.15, 0.2) is 0 Å². The summed E-state index contributed by atoms with van der Waals surface area (Å²) < 4.78 is 12.1. The van der Waals surface area contributed by atoms with Crippen molar-refractivity contribution < 1.29 is 9.47 Å². The highest BCUT2D eigenvalue weighted by Crippen LogP contribution is 2.17. The molecule has 1 heterocycles. The van der Waals surface area contributed by atoms with Gasteiger partial charge in [-0.15, -0.1) is 0 Å². The van der Waals surface area contributed by atoms with Gasteiger partial charge in [-0.05, 0) is 32.4 Å². The average molecular weight is 478 g/mol. The van der Waals surface area contributed by atoms with Crippen LogP contribution in [0.3, 0.4) is 0 Å². The number of likely N-dealkylation sites (tertiary alicyclic amines) is 1. The summed E-state index contributed by atoms with van der Waals surface area (Å²) in [7, 11) is 2.15. The first-order valence-electron chi connectivity index (χ1n) is 15.1. The Balaban J connectivity index is 1.96. The van der Waals surface area contributed by atoms with Gasteiger partial charge in [0.05, 0.1) is 0 Å². The van der Waals surface area contributed by atoms with Crippen molar-refractivity contribution in [2.75, 3.05) is 26.7 Å². The molecule has 0 aromatic rings. The van der Waals surface area contributed by atoms with Crippen LogP contribution >= 0.6 is 0 Å². The summed E-state index contributed by atoms with van der Waals surface area (Å²) in [5.41, 5.74) is 3.24. The first-order chi connectivity index (χ1) is 16.8. The molecule has 0 saturated carbocycles. The van der Waals surface area contributed by atoms with Gasteiger partial charge in [-0.1, -0.05) is 129 Å². The molecule has 0 amide bonds. The van der Waals surface area contributed by atoms with Gasteiger partial charge in [-0.2, -0.15) is 0 Å². The van der Waals surface area contributed by atoms with Gasteiger partial charge < -0.3 is 9.47 Å². The molecule has 0 radical (unpaired) electrons. The highest BCUT2D eigenvalue weighted by molar-refractivity contribution is 4.88. The van der Waals surface area contributed by atoms with Crippen LogP contribution in [0, 0.1) is 0 Å². The van der Waals surface area contributed by atoms with Crippen molar-refractivity contribution in [3.63, 3.8) is 0 Å². The van der Waals surface area contributed by atoms with Crippen molar-refractivity contribution in [3.05, 3.63) is 18.1 Å². The van der Waals surface area contributed by atoms with Crippen molar-refractivity contribution in [1.82, 2.24) is 4.90 Å². The summed E-state index contributed by atoms with van der Waals surface area (Å²) in [5, 5.41) is 0. The molecule has 34 heavy (non-hydrogen) atoms. The van der Waals surface area contributed by atoms with Crippen molar-refractivity contribution in [2.45, 2.75) is 154 Å². The van der Waals surface area contributed by atoms with Crippen LogP contribution in [0.1, 0.15) is 142 Å². The minimum absolute atomic E-state index is 0.141. The van der Waals surface area contributed by atoms with Gasteiger partial charge in [-0.3, -0.25) is 4.90 Å². The van der Waals surface area contributed by atoms with Crippen LogP contribution in [0.5, 0.6) is 0 Å². The molecule has 1 saturated heterocycles. The third-order valence-electron chi connectivity index (χ3n) is 7.11. The quantitative estimate of drug-likeness (QED) is 0.0785. The first kappa shape index (κ1) is 31.3. The Morgan fingerprint density at radius 1 is 0.647 bits per heavy atom. The zero-order valence-corrected chi connectivity index (χ0v) is 23.3. The number of unbranched alkanes of at least 4 members (excludes halogenated alkanes) is 18. The molecule has 0 bridgehead atoms. The molecule has 0 aromatic heterocycles. The van der Waals surface area contributed by atoms with Crippen molar-refractivity contribution >= 4 is 0 Å². The van der Waals surface area contributed by atoms with Crippen molar-refractivity contribution in [2.24, 2.45) is 0 Å². The number of nitrogens with zero attached hydrogens (tertiary/aromatic N) is 1. The largest absolute Gasteiger partial charge is 0.486 e. The lowest BCUT2D eigenvalue weighted by atomic mass is 10.0. The van der Waals surface area contributed by atoms with E-state index >= 15 is 0 Å². The summed E-state index contributed by atoms with van der Waals surface area (Å²) in [6.45, 7) is 7.34. The lowest BCUT2D eigenvalue weighted by molar-refractivity contribution is -0.0157. The van der Waals surface area contributed by atoms with Gasteiger partial charge in [0.25, 0.3) is 0 Å². The minimum atomic E-state index is 0.141. The van der Waals surface area contributed by atoms with Crippen molar-refractivity contribution in [3.8, 4) is 0 Å². The van der Waals surface area contributed by atoms with Gasteiger partial charge in [-0.25, -0.2) is 0 Å². The van der Waals surface area contributed by atoms with Gasteiger partial charge in [0, 0.05) is 19.7 Å². The standard InChI is InChI=1S/C31H59NO2/c1-4-6-8-10-12-13-14-15-16-17-18-19-20-21-23-25-27-34-31-29-32(3)28-30(31)33-26-24-22-11-9-7-5-2/h23,27,30-31H,4-22,24,26,28-29H2,1-3H3. The number of allylic oxidation sites excluding steroid dienone is 1. The SMILES string of the molecule is CCCCCCCCCCCCCCCC=C=COC1CN(C)CC1OCCCCCCCC. The molecule has 0 spiro atoms. The average Bonchev–Trinajstić information content (AvgIpc) is 3.19. The minimum Gasteiger partial charge on any atom is -0.486 e. The summed E-state index contributed by atoms with van der Waals surface area (Å²) >= 11 is 0. The second-order valence-corrected chi connectivity index (χ2v) is 10.6. The van der Waals surface area contributed by atoms with E-state index in [0.29, 0.717) is 0 Å². The van der Waals surface area contributed by atoms with Crippen LogP contribution in [0.25, 0.3) is 0 Å². The van der Waals surface area contributed by atoms with E-state index in [0.717, 1.165) is 26.1 Å². The number of ether oxygens (including phenoxy) is 2. The Morgan fingerprint density at radius 3 is 1.68 bits per heavy atom. The number of hydrogen-bond donors (Lipinski definition) is 0. The number of rotatable bonds is 24. The fraction of sp³-hybridized carbons (Fsp3) is 0.903. The van der Waals surface area contributed by atoms with E-state index in [2.05, 4.69) is 37.6 Å². The summed E-state index contributed by atoms with van der Waals surface area (Å²) in [6, 6.07) is 0. The molecular weight excluding hydrogens is 418 g/mol.